The first kappa shape index (κ1) is 41.7. The smallest absolute Gasteiger partial charge is 0.139 e. The second kappa shape index (κ2) is 20.2. The van der Waals surface area contributed by atoms with Crippen molar-refractivity contribution in [3.63, 3.8) is 0 Å². The molecule has 10 aromatic rings. The van der Waals surface area contributed by atoms with E-state index in [1.165, 1.54) is 5.56 Å². The molecule has 0 amide bonds. The van der Waals surface area contributed by atoms with Crippen LogP contribution in [-0.4, -0.2) is 9.55 Å². The molecule has 7 heteroatoms. The minimum absolute atomic E-state index is 0. The minimum Gasteiger partial charge on any atom is -0.509 e. The molecule has 0 fully saturated rings. The van der Waals surface area contributed by atoms with Crippen LogP contribution in [0.4, 0.5) is 22.7 Å². The third-order valence-electron chi connectivity index (χ3n) is 13.9. The molecule has 0 spiro atoms. The van der Waals surface area contributed by atoms with Crippen LogP contribution in [0.3, 0.4) is 0 Å². The van der Waals surface area contributed by atoms with Gasteiger partial charge in [-0.2, -0.15) is 6.07 Å². The molecule has 1 aliphatic heterocycles. The number of hydrogen-bond acceptors (Lipinski definition) is 5. The first-order valence-corrected chi connectivity index (χ1v) is 25.7. The molecule has 8 aromatic carbocycles. The third kappa shape index (κ3) is 10.3. The minimum atomic E-state index is -0.570. The van der Waals surface area contributed by atoms with E-state index in [1.54, 1.807) is 36.0 Å². The van der Waals surface area contributed by atoms with Gasteiger partial charge in [-0.1, -0.05) is 210 Å². The number of fused-ring (bicyclic) bond motifs is 4. The summed E-state index contributed by atoms with van der Waals surface area (Å²) in [5, 5.41) is 1.94. The zero-order chi connectivity index (χ0) is 62.0. The van der Waals surface area contributed by atoms with E-state index in [-0.39, 0.29) is 65.3 Å². The van der Waals surface area contributed by atoms with Gasteiger partial charge in [0.2, 0.25) is 0 Å². The zero-order valence-electron chi connectivity index (χ0n) is 55.5. The van der Waals surface area contributed by atoms with Gasteiger partial charge >= 0.3 is 0 Å². The standard InChI is InChI=1S/C70H67N4O2.Pt/c1-67(2,3)48-38-50(72-45-73(62-33-22-21-32-61(62)72)65-54(46-24-15-13-16-25-46)29-23-30-55(65)47-26-17-14-18-27-47)42-53(39-48)75-51-34-35-57-56-28-19-20-31-60(56)74(63(57)43-51)64-44-52(36-37-71-64)76-66-58(69(7,8)9)40-49(68(4,5)6)41-59(66)70(10,11)12;/h13-41,44-45H,1-12H3;/q-3;/i13D,14D,15D,16D,17D,18D,24D,25D,26D,27D;. The second-order valence-corrected chi connectivity index (χ2v) is 23.6. The molecule has 392 valence electrons. The van der Waals surface area contributed by atoms with Gasteiger partial charge in [0.05, 0.1) is 13.7 Å². The molecule has 0 aliphatic carbocycles. The number of nitrogens with zero attached hydrogens (tertiary/aromatic N) is 4. The summed E-state index contributed by atoms with van der Waals surface area (Å²) in [5.74, 6) is 2.89. The first-order chi connectivity index (χ1) is 40.3. The average molecular weight is 1200 g/mol. The summed E-state index contributed by atoms with van der Waals surface area (Å²) in [6, 6.07) is 38.8. The maximum atomic E-state index is 9.15. The van der Waals surface area contributed by atoms with Gasteiger partial charge in [-0.3, -0.25) is 0 Å². The van der Waals surface area contributed by atoms with E-state index in [0.717, 1.165) is 44.2 Å². The van der Waals surface area contributed by atoms with Crippen molar-refractivity contribution >= 4 is 44.6 Å². The van der Waals surface area contributed by atoms with Crippen molar-refractivity contribution in [3.05, 3.63) is 223 Å². The van der Waals surface area contributed by atoms with Gasteiger partial charge in [-0.05, 0) is 68.0 Å². The van der Waals surface area contributed by atoms with Gasteiger partial charge in [-0.15, -0.1) is 53.6 Å². The van der Waals surface area contributed by atoms with Gasteiger partial charge in [-0.25, -0.2) is 4.98 Å². The Morgan fingerprint density at radius 1 is 0.519 bits per heavy atom. The van der Waals surface area contributed by atoms with Crippen LogP contribution in [0.25, 0.3) is 49.9 Å². The van der Waals surface area contributed by atoms with E-state index in [0.29, 0.717) is 40.1 Å². The molecular formula is C70H67N4O2Pt-3. The van der Waals surface area contributed by atoms with Crippen molar-refractivity contribution in [1.82, 2.24) is 9.55 Å². The third-order valence-corrected chi connectivity index (χ3v) is 13.9. The Balaban J connectivity index is 0.00000838. The van der Waals surface area contributed by atoms with E-state index in [1.807, 2.05) is 77.7 Å². The number of ether oxygens (including phenoxy) is 2. The molecule has 2 aromatic heterocycles. The summed E-state index contributed by atoms with van der Waals surface area (Å²) in [6.45, 7) is 28.2. The number of rotatable bonds is 9. The van der Waals surface area contributed by atoms with Crippen LogP contribution in [0, 0.1) is 18.8 Å². The largest absolute Gasteiger partial charge is 0.509 e. The Morgan fingerprint density at radius 3 is 1.69 bits per heavy atom. The summed E-state index contributed by atoms with van der Waals surface area (Å²) in [7, 11) is 0. The number of aromatic nitrogens is 2. The number of hydrogen-bond donors (Lipinski definition) is 0. The van der Waals surface area contributed by atoms with Gasteiger partial charge < -0.3 is 23.8 Å². The number of anilines is 4. The fraction of sp³-hybridized carbons (Fsp3) is 0.229. The summed E-state index contributed by atoms with van der Waals surface area (Å²) >= 11 is 0. The molecule has 0 unspecified atom stereocenters. The molecule has 1 aliphatic rings. The quantitative estimate of drug-likeness (QED) is 0.135. The van der Waals surface area contributed by atoms with Crippen LogP contribution < -0.4 is 19.3 Å². The van der Waals surface area contributed by atoms with Gasteiger partial charge in [0, 0.05) is 89.7 Å². The fourth-order valence-corrected chi connectivity index (χ4v) is 9.88. The SMILES string of the molecule is [2H]c1c([2H])c([2H])c(-c2cccc(-c3c([2H])c([2H])c([2H])c([2H])c3[2H])c2N2[CH-]N(c3[c-]c(Oc4[c-]c5c(cc4)c4ccccc4n5-c4cc(Oc5c(C(C)(C)C)cc(C(C)(C)C)cc5C(C)(C)C)ccn4)cc(C(C)(C)C)c3)c3ccccc32)c([2H])c1[2H].[Pt]. The van der Waals surface area contributed by atoms with Gasteiger partial charge in [0.1, 0.15) is 17.3 Å². The number of pyridine rings is 1. The topological polar surface area (TPSA) is 42.8 Å². The van der Waals surface area contributed by atoms with Crippen LogP contribution in [0.5, 0.6) is 23.0 Å². The normalized spacial score (nSPS) is 14.8. The van der Waals surface area contributed by atoms with E-state index < -0.39 is 65.8 Å². The molecule has 3 heterocycles. The second-order valence-electron chi connectivity index (χ2n) is 23.6. The van der Waals surface area contributed by atoms with E-state index in [9.17, 15) is 0 Å². The molecule has 11 rings (SSSR count). The number of para-hydroxylation sites is 4. The molecule has 0 saturated carbocycles. The summed E-state index contributed by atoms with van der Waals surface area (Å²) in [5.41, 5.74) is 7.17. The average Bonchev–Trinajstić information content (AvgIpc) is 1.99. The Hall–Kier alpha value is -7.40. The summed E-state index contributed by atoms with van der Waals surface area (Å²) < 4.78 is 104. The molecule has 0 atom stereocenters. The molecule has 6 nitrogen and oxygen atoms in total. The maximum Gasteiger partial charge on any atom is 0.139 e. The zero-order valence-corrected chi connectivity index (χ0v) is 47.8. The Bertz CT molecular complexity index is 4240. The Morgan fingerprint density at radius 2 is 1.09 bits per heavy atom. The molecule has 0 saturated heterocycles. The Labute approximate surface area is 484 Å². The van der Waals surface area contributed by atoms with Crippen molar-refractivity contribution in [2.24, 2.45) is 0 Å². The van der Waals surface area contributed by atoms with E-state index in [4.69, 9.17) is 28.2 Å². The molecular weight excluding hydrogens is 1120 g/mol. The van der Waals surface area contributed by atoms with E-state index in [2.05, 4.69) is 124 Å². The first-order valence-electron chi connectivity index (χ1n) is 30.7. The van der Waals surface area contributed by atoms with Crippen LogP contribution >= 0.6 is 0 Å². The molecule has 0 radical (unpaired) electrons. The summed E-state index contributed by atoms with van der Waals surface area (Å²) in [6.07, 6.45) is 1.77. The van der Waals surface area contributed by atoms with Crippen LogP contribution in [0.15, 0.2) is 182 Å². The molecule has 0 N–H and O–H groups in total. The van der Waals surface area contributed by atoms with Crippen LogP contribution in [0.2, 0.25) is 0 Å². The van der Waals surface area contributed by atoms with Gasteiger partial charge in [0.25, 0.3) is 0 Å². The number of benzene rings is 8. The van der Waals surface area contributed by atoms with E-state index >= 15 is 0 Å². The van der Waals surface area contributed by atoms with Crippen molar-refractivity contribution in [2.45, 2.75) is 105 Å². The fourth-order valence-electron chi connectivity index (χ4n) is 9.88. The van der Waals surface area contributed by atoms with Crippen molar-refractivity contribution in [2.75, 3.05) is 9.80 Å². The molecule has 77 heavy (non-hydrogen) atoms. The van der Waals surface area contributed by atoms with Crippen molar-refractivity contribution < 1.29 is 44.2 Å². The monoisotopic (exact) mass is 1200 g/mol. The predicted molar refractivity (Wildman–Crippen MR) is 316 cm³/mol. The van der Waals surface area contributed by atoms with Crippen LogP contribution in [-0.2, 0) is 42.7 Å². The maximum absolute atomic E-state index is 9.15. The molecule has 0 bridgehead atoms. The summed E-state index contributed by atoms with van der Waals surface area (Å²) in [4.78, 5) is 8.64. The predicted octanol–water partition coefficient (Wildman–Crippen LogP) is 19.3. The van der Waals surface area contributed by atoms with Gasteiger partial charge in [0.15, 0.2) is 0 Å². The van der Waals surface area contributed by atoms with Crippen molar-refractivity contribution in [1.29, 1.82) is 0 Å². The van der Waals surface area contributed by atoms with Crippen molar-refractivity contribution in [3.8, 4) is 51.1 Å². The van der Waals surface area contributed by atoms with Crippen LogP contribution in [0.1, 0.15) is 119 Å². The Kier molecular flexibility index (Phi) is 10.9.